The average molecular weight is 378 g/mol. The fourth-order valence-corrected chi connectivity index (χ4v) is 2.38. The smallest absolute Gasteiger partial charge is 0.259 e. The molecule has 0 atom stereocenters. The Kier molecular flexibility index (Phi) is 6.38. The standard InChI is InChI=1S/C18H23FN4O4/c1-22(2)14(24)8-9-20-18(25)15-16(27-21-17(15)23(3)4)11-6-7-12(19)13(10-11)26-5/h6-7,10H,8-9H2,1-5H3,(H,20,25). The van der Waals surface area contributed by atoms with Gasteiger partial charge in [-0.15, -0.1) is 0 Å². The summed E-state index contributed by atoms with van der Waals surface area (Å²) in [5, 5.41) is 6.64. The third-order valence-corrected chi connectivity index (χ3v) is 3.86. The van der Waals surface area contributed by atoms with Gasteiger partial charge in [-0.2, -0.15) is 0 Å². The Bertz CT molecular complexity index is 833. The van der Waals surface area contributed by atoms with E-state index in [2.05, 4.69) is 10.5 Å². The number of anilines is 1. The van der Waals surface area contributed by atoms with E-state index in [-0.39, 0.29) is 35.9 Å². The zero-order valence-electron chi connectivity index (χ0n) is 16.0. The molecule has 0 spiro atoms. The van der Waals surface area contributed by atoms with Crippen molar-refractivity contribution in [3.05, 3.63) is 29.6 Å². The lowest BCUT2D eigenvalue weighted by atomic mass is 10.1. The fourth-order valence-electron chi connectivity index (χ4n) is 2.38. The zero-order chi connectivity index (χ0) is 20.1. The van der Waals surface area contributed by atoms with Crippen molar-refractivity contribution in [1.29, 1.82) is 0 Å². The lowest BCUT2D eigenvalue weighted by Gasteiger charge is -2.13. The van der Waals surface area contributed by atoms with Gasteiger partial charge in [0.05, 0.1) is 7.11 Å². The summed E-state index contributed by atoms with van der Waals surface area (Å²) in [5.74, 6) is -0.528. The lowest BCUT2D eigenvalue weighted by Crippen LogP contribution is -2.31. The first kappa shape index (κ1) is 20.2. The molecule has 1 aromatic carbocycles. The van der Waals surface area contributed by atoms with Gasteiger partial charge in [-0.3, -0.25) is 9.59 Å². The first-order valence-corrected chi connectivity index (χ1v) is 8.25. The van der Waals surface area contributed by atoms with E-state index in [1.54, 1.807) is 33.1 Å². The Hall–Kier alpha value is -3.10. The van der Waals surface area contributed by atoms with Gasteiger partial charge in [0.1, 0.15) is 5.56 Å². The summed E-state index contributed by atoms with van der Waals surface area (Å²) in [4.78, 5) is 27.5. The molecule has 0 aliphatic heterocycles. The van der Waals surface area contributed by atoms with Crippen molar-refractivity contribution in [3.8, 4) is 17.1 Å². The van der Waals surface area contributed by atoms with Crippen LogP contribution in [0.15, 0.2) is 22.7 Å². The fraction of sp³-hybridized carbons (Fsp3) is 0.389. The van der Waals surface area contributed by atoms with Crippen LogP contribution in [0.4, 0.5) is 10.2 Å². The van der Waals surface area contributed by atoms with Crippen LogP contribution in [-0.4, -0.2) is 63.7 Å². The molecule has 2 amide bonds. The summed E-state index contributed by atoms with van der Waals surface area (Å²) in [6.45, 7) is 0.167. The molecule has 1 aromatic heterocycles. The first-order chi connectivity index (χ1) is 12.8. The Morgan fingerprint density at radius 2 is 1.96 bits per heavy atom. The molecule has 2 aromatic rings. The number of nitrogens with one attached hydrogen (secondary N) is 1. The zero-order valence-corrected chi connectivity index (χ0v) is 16.0. The molecule has 8 nitrogen and oxygen atoms in total. The number of ether oxygens (including phenoxy) is 1. The van der Waals surface area contributed by atoms with Crippen LogP contribution < -0.4 is 15.0 Å². The molecule has 146 valence electrons. The van der Waals surface area contributed by atoms with Crippen LogP contribution in [0, 0.1) is 5.82 Å². The maximum Gasteiger partial charge on any atom is 0.259 e. The van der Waals surface area contributed by atoms with E-state index in [1.165, 1.54) is 30.2 Å². The first-order valence-electron chi connectivity index (χ1n) is 8.25. The molecule has 27 heavy (non-hydrogen) atoms. The van der Waals surface area contributed by atoms with Crippen molar-refractivity contribution >= 4 is 17.6 Å². The monoisotopic (exact) mass is 378 g/mol. The highest BCUT2D eigenvalue weighted by atomic mass is 19.1. The summed E-state index contributed by atoms with van der Waals surface area (Å²) < 4.78 is 24.0. The molecule has 0 unspecified atom stereocenters. The van der Waals surface area contributed by atoms with Crippen LogP contribution in [-0.2, 0) is 4.79 Å². The normalized spacial score (nSPS) is 10.4. The largest absolute Gasteiger partial charge is 0.494 e. The summed E-state index contributed by atoms with van der Waals surface area (Å²) in [6, 6.07) is 4.13. The molecule has 9 heteroatoms. The molecule has 1 N–H and O–H groups in total. The number of carbonyl (C=O) groups is 2. The van der Waals surface area contributed by atoms with Gasteiger partial charge in [0, 0.05) is 46.7 Å². The highest BCUT2D eigenvalue weighted by Crippen LogP contribution is 2.33. The van der Waals surface area contributed by atoms with Gasteiger partial charge in [0.25, 0.3) is 5.91 Å². The van der Waals surface area contributed by atoms with E-state index in [0.29, 0.717) is 11.4 Å². The molecule has 0 radical (unpaired) electrons. The van der Waals surface area contributed by atoms with Gasteiger partial charge >= 0.3 is 0 Å². The number of benzene rings is 1. The van der Waals surface area contributed by atoms with Crippen molar-refractivity contribution in [1.82, 2.24) is 15.4 Å². The van der Waals surface area contributed by atoms with Gasteiger partial charge in [0.15, 0.2) is 23.1 Å². The average Bonchev–Trinajstić information content (AvgIpc) is 3.07. The van der Waals surface area contributed by atoms with E-state index in [4.69, 9.17) is 9.26 Å². The highest BCUT2D eigenvalue weighted by Gasteiger charge is 2.26. The van der Waals surface area contributed by atoms with E-state index in [9.17, 15) is 14.0 Å². The number of nitrogens with zero attached hydrogens (tertiary/aromatic N) is 3. The van der Waals surface area contributed by atoms with Crippen molar-refractivity contribution < 1.29 is 23.2 Å². The predicted molar refractivity (Wildman–Crippen MR) is 98.4 cm³/mol. The SMILES string of the molecule is COc1cc(-c2onc(N(C)C)c2C(=O)NCCC(=O)N(C)C)ccc1F. The number of hydrogen-bond acceptors (Lipinski definition) is 6. The second-order valence-corrected chi connectivity index (χ2v) is 6.25. The van der Waals surface area contributed by atoms with Crippen molar-refractivity contribution in [3.63, 3.8) is 0 Å². The van der Waals surface area contributed by atoms with E-state index < -0.39 is 11.7 Å². The van der Waals surface area contributed by atoms with Gasteiger partial charge in [0.2, 0.25) is 5.91 Å². The third-order valence-electron chi connectivity index (χ3n) is 3.86. The lowest BCUT2D eigenvalue weighted by molar-refractivity contribution is -0.128. The van der Waals surface area contributed by atoms with Crippen LogP contribution >= 0.6 is 0 Å². The Morgan fingerprint density at radius 1 is 1.26 bits per heavy atom. The maximum atomic E-state index is 13.7. The topological polar surface area (TPSA) is 87.9 Å². The molecule has 0 fully saturated rings. The number of amides is 2. The molecule has 0 saturated heterocycles. The van der Waals surface area contributed by atoms with Gasteiger partial charge in [-0.1, -0.05) is 5.16 Å². The second-order valence-electron chi connectivity index (χ2n) is 6.25. The Morgan fingerprint density at radius 3 is 2.56 bits per heavy atom. The Balaban J connectivity index is 2.33. The van der Waals surface area contributed by atoms with E-state index >= 15 is 0 Å². The summed E-state index contributed by atoms with van der Waals surface area (Å²) in [7, 11) is 8.09. The van der Waals surface area contributed by atoms with Crippen molar-refractivity contribution in [2.45, 2.75) is 6.42 Å². The highest BCUT2D eigenvalue weighted by molar-refractivity contribution is 6.04. The van der Waals surface area contributed by atoms with Crippen LogP contribution in [0.1, 0.15) is 16.8 Å². The minimum atomic E-state index is -0.526. The van der Waals surface area contributed by atoms with Crippen LogP contribution in [0.2, 0.25) is 0 Å². The Labute approximate surface area is 156 Å². The van der Waals surface area contributed by atoms with Crippen LogP contribution in [0.5, 0.6) is 5.75 Å². The molecule has 1 heterocycles. The van der Waals surface area contributed by atoms with Gasteiger partial charge in [-0.05, 0) is 18.2 Å². The number of rotatable bonds is 7. The predicted octanol–water partition coefficient (Wildman–Crippen LogP) is 1.76. The summed E-state index contributed by atoms with van der Waals surface area (Å²) >= 11 is 0. The molecule has 0 saturated carbocycles. The quantitative estimate of drug-likeness (QED) is 0.790. The van der Waals surface area contributed by atoms with E-state index in [0.717, 1.165) is 0 Å². The number of carbonyl (C=O) groups excluding carboxylic acids is 2. The van der Waals surface area contributed by atoms with Gasteiger partial charge < -0.3 is 24.4 Å². The van der Waals surface area contributed by atoms with E-state index in [1.807, 2.05) is 0 Å². The van der Waals surface area contributed by atoms with Crippen LogP contribution in [0.3, 0.4) is 0 Å². The second kappa shape index (κ2) is 8.52. The molecule has 2 rings (SSSR count). The third kappa shape index (κ3) is 4.55. The molecule has 0 bridgehead atoms. The molecular weight excluding hydrogens is 355 g/mol. The molecular formula is C18H23FN4O4. The molecule has 0 aliphatic rings. The number of aromatic nitrogens is 1. The maximum absolute atomic E-state index is 13.7. The molecule has 0 aliphatic carbocycles. The van der Waals surface area contributed by atoms with Crippen molar-refractivity contribution in [2.75, 3.05) is 46.7 Å². The number of methoxy groups -OCH3 is 1. The van der Waals surface area contributed by atoms with Crippen molar-refractivity contribution in [2.24, 2.45) is 0 Å². The minimum absolute atomic E-state index is 0.0261. The summed E-state index contributed by atoms with van der Waals surface area (Å²) in [6.07, 6.45) is 0.168. The van der Waals surface area contributed by atoms with Gasteiger partial charge in [-0.25, -0.2) is 4.39 Å². The number of halogens is 1. The number of hydrogen-bond donors (Lipinski definition) is 1. The summed E-state index contributed by atoms with van der Waals surface area (Å²) in [5.41, 5.74) is 0.648. The van der Waals surface area contributed by atoms with Crippen LogP contribution in [0.25, 0.3) is 11.3 Å². The minimum Gasteiger partial charge on any atom is -0.494 e.